The van der Waals surface area contributed by atoms with E-state index in [0.717, 1.165) is 12.5 Å². The minimum absolute atomic E-state index is 0.653. The van der Waals surface area contributed by atoms with Crippen molar-refractivity contribution >= 4 is 0 Å². The molecule has 0 aromatic heterocycles. The Labute approximate surface area is 95.4 Å². The molecule has 0 heterocycles. The Balaban J connectivity index is 2.30. The summed E-state index contributed by atoms with van der Waals surface area (Å²) in [7, 11) is 2.28. The van der Waals surface area contributed by atoms with Gasteiger partial charge in [-0.25, -0.2) is 0 Å². The summed E-state index contributed by atoms with van der Waals surface area (Å²) in [6.45, 7) is 9.21. The van der Waals surface area contributed by atoms with Crippen molar-refractivity contribution in [2.24, 2.45) is 5.92 Å². The molecule has 0 aliphatic heterocycles. The first kappa shape index (κ1) is 13.0. The molecule has 0 aromatic carbocycles. The highest BCUT2D eigenvalue weighted by atomic mass is 15.2. The lowest BCUT2D eigenvalue weighted by atomic mass is 9.85. The molecule has 1 aliphatic rings. The molecule has 0 spiro atoms. The van der Waals surface area contributed by atoms with Crippen LogP contribution in [0.2, 0.25) is 0 Å². The van der Waals surface area contributed by atoms with E-state index in [-0.39, 0.29) is 0 Å². The highest BCUT2D eigenvalue weighted by molar-refractivity contribution is 4.81. The predicted molar refractivity (Wildman–Crippen MR) is 67.2 cm³/mol. The Morgan fingerprint density at radius 3 is 2.40 bits per heavy atom. The summed E-state index contributed by atoms with van der Waals surface area (Å²) in [6.07, 6.45) is 5.59. The van der Waals surface area contributed by atoms with E-state index in [2.05, 4.69) is 38.0 Å². The highest BCUT2D eigenvalue weighted by Gasteiger charge is 2.24. The fraction of sp³-hybridized carbons (Fsp3) is 1.00. The van der Waals surface area contributed by atoms with Crippen molar-refractivity contribution < 1.29 is 0 Å². The zero-order valence-electron chi connectivity index (χ0n) is 10.9. The number of rotatable bonds is 7. The van der Waals surface area contributed by atoms with Crippen LogP contribution in [0.15, 0.2) is 0 Å². The molecule has 0 radical (unpaired) electrons. The Bertz CT molecular complexity index is 166. The van der Waals surface area contributed by atoms with Crippen LogP contribution in [0.4, 0.5) is 0 Å². The summed E-state index contributed by atoms with van der Waals surface area (Å²) in [4.78, 5) is 2.54. The van der Waals surface area contributed by atoms with E-state index >= 15 is 0 Å². The van der Waals surface area contributed by atoms with Crippen molar-refractivity contribution in [2.75, 3.05) is 20.1 Å². The van der Waals surface area contributed by atoms with Crippen LogP contribution >= 0.6 is 0 Å². The number of nitrogens with one attached hydrogen (secondary N) is 1. The van der Waals surface area contributed by atoms with Gasteiger partial charge in [0.1, 0.15) is 0 Å². The maximum atomic E-state index is 3.58. The van der Waals surface area contributed by atoms with Crippen LogP contribution in [0.5, 0.6) is 0 Å². The van der Waals surface area contributed by atoms with Crippen LogP contribution in [-0.4, -0.2) is 37.1 Å². The average molecular weight is 212 g/mol. The lowest BCUT2D eigenvalue weighted by molar-refractivity contribution is 0.143. The molecule has 1 rings (SSSR count). The molecule has 1 saturated carbocycles. The van der Waals surface area contributed by atoms with Crippen LogP contribution in [0.25, 0.3) is 0 Å². The lowest BCUT2D eigenvalue weighted by Crippen LogP contribution is -2.48. The third-order valence-electron chi connectivity index (χ3n) is 3.95. The van der Waals surface area contributed by atoms with Gasteiger partial charge in [-0.05, 0) is 45.7 Å². The number of nitrogens with zero attached hydrogens (tertiary/aromatic N) is 1. The topological polar surface area (TPSA) is 15.3 Å². The number of hydrogen-bond acceptors (Lipinski definition) is 2. The Kier molecular flexibility index (Phi) is 5.62. The molecule has 2 heteroatoms. The minimum atomic E-state index is 0.653. The predicted octanol–water partition coefficient (Wildman–Crippen LogP) is 2.49. The van der Waals surface area contributed by atoms with E-state index in [1.165, 1.54) is 32.2 Å². The Hall–Kier alpha value is -0.0800. The smallest absolute Gasteiger partial charge is 0.0218 e. The maximum absolute atomic E-state index is 3.58. The molecular formula is C13H28N2. The van der Waals surface area contributed by atoms with Gasteiger partial charge in [0.25, 0.3) is 0 Å². The first-order valence-electron chi connectivity index (χ1n) is 6.62. The Morgan fingerprint density at radius 1 is 1.33 bits per heavy atom. The molecule has 0 bridgehead atoms. The van der Waals surface area contributed by atoms with Crippen molar-refractivity contribution in [2.45, 2.75) is 58.5 Å². The first-order valence-corrected chi connectivity index (χ1v) is 6.62. The minimum Gasteiger partial charge on any atom is -0.313 e. The van der Waals surface area contributed by atoms with Crippen LogP contribution in [0, 0.1) is 5.92 Å². The standard InChI is InChI=1S/C13H28N2/c1-5-13(14-6-2)11(3)15(4)10-12-8-7-9-12/h11-14H,5-10H2,1-4H3. The van der Waals surface area contributed by atoms with E-state index in [1.54, 1.807) is 0 Å². The van der Waals surface area contributed by atoms with Crippen LogP contribution in [0.3, 0.4) is 0 Å². The lowest BCUT2D eigenvalue weighted by Gasteiger charge is -2.37. The van der Waals surface area contributed by atoms with Gasteiger partial charge in [0.15, 0.2) is 0 Å². The van der Waals surface area contributed by atoms with Crippen LogP contribution in [0.1, 0.15) is 46.5 Å². The van der Waals surface area contributed by atoms with Gasteiger partial charge in [-0.3, -0.25) is 0 Å². The molecular weight excluding hydrogens is 184 g/mol. The van der Waals surface area contributed by atoms with Crippen molar-refractivity contribution in [3.8, 4) is 0 Å². The number of likely N-dealkylation sites (N-methyl/N-ethyl adjacent to an activating group) is 2. The SMILES string of the molecule is CCNC(CC)C(C)N(C)CC1CCC1. The maximum Gasteiger partial charge on any atom is 0.0218 e. The second-order valence-electron chi connectivity index (χ2n) is 5.05. The third-order valence-corrected chi connectivity index (χ3v) is 3.95. The zero-order chi connectivity index (χ0) is 11.3. The molecule has 1 N–H and O–H groups in total. The van der Waals surface area contributed by atoms with Crippen molar-refractivity contribution in [1.82, 2.24) is 10.2 Å². The summed E-state index contributed by atoms with van der Waals surface area (Å²) in [5.74, 6) is 0.983. The fourth-order valence-electron chi connectivity index (χ4n) is 2.47. The van der Waals surface area contributed by atoms with E-state index in [1.807, 2.05) is 0 Å². The summed E-state index contributed by atoms with van der Waals surface area (Å²) in [5.41, 5.74) is 0. The molecule has 0 saturated heterocycles. The largest absolute Gasteiger partial charge is 0.313 e. The van der Waals surface area contributed by atoms with Crippen molar-refractivity contribution in [1.29, 1.82) is 0 Å². The second-order valence-corrected chi connectivity index (χ2v) is 5.05. The quantitative estimate of drug-likeness (QED) is 0.697. The van der Waals surface area contributed by atoms with Crippen molar-refractivity contribution in [3.63, 3.8) is 0 Å². The van der Waals surface area contributed by atoms with Gasteiger partial charge in [0.2, 0.25) is 0 Å². The summed E-state index contributed by atoms with van der Waals surface area (Å²) >= 11 is 0. The van der Waals surface area contributed by atoms with E-state index in [9.17, 15) is 0 Å². The fourth-order valence-corrected chi connectivity index (χ4v) is 2.47. The van der Waals surface area contributed by atoms with Gasteiger partial charge >= 0.3 is 0 Å². The summed E-state index contributed by atoms with van der Waals surface area (Å²) < 4.78 is 0. The first-order chi connectivity index (χ1) is 7.19. The van der Waals surface area contributed by atoms with E-state index < -0.39 is 0 Å². The molecule has 0 amide bonds. The van der Waals surface area contributed by atoms with Gasteiger partial charge in [-0.2, -0.15) is 0 Å². The molecule has 15 heavy (non-hydrogen) atoms. The van der Waals surface area contributed by atoms with Crippen LogP contribution < -0.4 is 5.32 Å². The molecule has 2 nitrogen and oxygen atoms in total. The molecule has 90 valence electrons. The Morgan fingerprint density at radius 2 is 2.00 bits per heavy atom. The average Bonchev–Trinajstić information content (AvgIpc) is 2.18. The molecule has 2 unspecified atom stereocenters. The molecule has 2 atom stereocenters. The van der Waals surface area contributed by atoms with E-state index in [4.69, 9.17) is 0 Å². The molecule has 0 aromatic rings. The molecule has 1 fully saturated rings. The molecule has 1 aliphatic carbocycles. The van der Waals surface area contributed by atoms with Gasteiger partial charge in [-0.15, -0.1) is 0 Å². The van der Waals surface area contributed by atoms with Gasteiger partial charge in [0, 0.05) is 18.6 Å². The van der Waals surface area contributed by atoms with Gasteiger partial charge in [0.05, 0.1) is 0 Å². The normalized spacial score (nSPS) is 21.4. The van der Waals surface area contributed by atoms with Gasteiger partial charge < -0.3 is 10.2 Å². The highest BCUT2D eigenvalue weighted by Crippen LogP contribution is 2.27. The zero-order valence-corrected chi connectivity index (χ0v) is 10.9. The van der Waals surface area contributed by atoms with Gasteiger partial charge in [-0.1, -0.05) is 20.3 Å². The van der Waals surface area contributed by atoms with E-state index in [0.29, 0.717) is 12.1 Å². The second kappa shape index (κ2) is 6.49. The summed E-state index contributed by atoms with van der Waals surface area (Å²) in [6, 6.07) is 1.32. The third kappa shape index (κ3) is 3.76. The van der Waals surface area contributed by atoms with Crippen LogP contribution in [-0.2, 0) is 0 Å². The van der Waals surface area contributed by atoms with Crippen molar-refractivity contribution in [3.05, 3.63) is 0 Å². The number of hydrogen-bond donors (Lipinski definition) is 1. The monoisotopic (exact) mass is 212 g/mol. The summed E-state index contributed by atoms with van der Waals surface area (Å²) in [5, 5.41) is 3.58.